The summed E-state index contributed by atoms with van der Waals surface area (Å²) in [7, 11) is 1.78. The predicted octanol–water partition coefficient (Wildman–Crippen LogP) is 1.47. The smallest absolute Gasteiger partial charge is 0.123 e. The van der Waals surface area contributed by atoms with Crippen LogP contribution in [0.3, 0.4) is 0 Å². The summed E-state index contributed by atoms with van der Waals surface area (Å²) in [6.45, 7) is 1.87. The fourth-order valence-electron chi connectivity index (χ4n) is 1.11. The van der Waals surface area contributed by atoms with Gasteiger partial charge < -0.3 is 10.4 Å². The van der Waals surface area contributed by atoms with Gasteiger partial charge in [-0.25, -0.2) is 4.39 Å². The molecule has 13 heavy (non-hydrogen) atoms. The van der Waals surface area contributed by atoms with Crippen molar-refractivity contribution in [3.8, 4) is 0 Å². The van der Waals surface area contributed by atoms with Crippen LogP contribution in [0.15, 0.2) is 24.3 Å². The van der Waals surface area contributed by atoms with E-state index in [9.17, 15) is 9.50 Å². The molecule has 2 atom stereocenters. The predicted molar refractivity (Wildman–Crippen MR) is 49.9 cm³/mol. The summed E-state index contributed by atoms with van der Waals surface area (Å²) in [5.74, 6) is -0.284. The maximum Gasteiger partial charge on any atom is 0.123 e. The van der Waals surface area contributed by atoms with Gasteiger partial charge in [0.2, 0.25) is 0 Å². The van der Waals surface area contributed by atoms with E-state index < -0.39 is 6.10 Å². The Morgan fingerprint density at radius 2 is 1.85 bits per heavy atom. The first-order valence-electron chi connectivity index (χ1n) is 4.26. The molecule has 72 valence electrons. The van der Waals surface area contributed by atoms with Crippen molar-refractivity contribution in [2.45, 2.75) is 19.1 Å². The molecule has 2 unspecified atom stereocenters. The van der Waals surface area contributed by atoms with Crippen LogP contribution in [0.4, 0.5) is 4.39 Å². The van der Waals surface area contributed by atoms with Crippen LogP contribution in [0, 0.1) is 5.82 Å². The SMILES string of the molecule is CNC(C)C(O)c1ccc(F)cc1. The maximum absolute atomic E-state index is 12.5. The number of benzene rings is 1. The van der Waals surface area contributed by atoms with Gasteiger partial charge in [-0.3, -0.25) is 0 Å². The molecule has 1 aromatic carbocycles. The van der Waals surface area contributed by atoms with Crippen molar-refractivity contribution in [1.29, 1.82) is 0 Å². The zero-order valence-corrected chi connectivity index (χ0v) is 7.79. The van der Waals surface area contributed by atoms with Crippen LogP contribution in [0.25, 0.3) is 0 Å². The lowest BCUT2D eigenvalue weighted by Gasteiger charge is -2.18. The summed E-state index contributed by atoms with van der Waals surface area (Å²) in [5.41, 5.74) is 0.725. The Hall–Kier alpha value is -0.930. The normalized spacial score (nSPS) is 15.4. The van der Waals surface area contributed by atoms with Crippen LogP contribution < -0.4 is 5.32 Å². The second kappa shape index (κ2) is 4.35. The highest BCUT2D eigenvalue weighted by Gasteiger charge is 2.13. The van der Waals surface area contributed by atoms with Gasteiger partial charge in [0, 0.05) is 6.04 Å². The van der Waals surface area contributed by atoms with E-state index in [-0.39, 0.29) is 11.9 Å². The standard InChI is InChI=1S/C10H14FNO/c1-7(12-2)10(13)8-3-5-9(11)6-4-8/h3-7,10,12-13H,1-2H3. The number of rotatable bonds is 3. The van der Waals surface area contributed by atoms with Crippen LogP contribution in [0.5, 0.6) is 0 Å². The minimum absolute atomic E-state index is 0.0366. The number of likely N-dealkylation sites (N-methyl/N-ethyl adjacent to an activating group) is 1. The minimum atomic E-state index is -0.592. The Balaban J connectivity index is 2.77. The number of halogens is 1. The Kier molecular flexibility index (Phi) is 3.39. The zero-order valence-electron chi connectivity index (χ0n) is 7.79. The summed E-state index contributed by atoms with van der Waals surface area (Å²) in [6, 6.07) is 5.84. The third-order valence-corrected chi connectivity index (χ3v) is 2.14. The van der Waals surface area contributed by atoms with E-state index in [0.717, 1.165) is 5.56 Å². The van der Waals surface area contributed by atoms with E-state index in [1.54, 1.807) is 19.2 Å². The van der Waals surface area contributed by atoms with Gasteiger partial charge in [-0.05, 0) is 31.7 Å². The molecule has 2 N–H and O–H groups in total. The van der Waals surface area contributed by atoms with Gasteiger partial charge in [0.15, 0.2) is 0 Å². The van der Waals surface area contributed by atoms with Gasteiger partial charge in [0.05, 0.1) is 6.10 Å². The molecule has 0 aliphatic rings. The molecule has 0 radical (unpaired) electrons. The first kappa shape index (κ1) is 10.2. The number of hydrogen-bond donors (Lipinski definition) is 2. The number of nitrogens with one attached hydrogen (secondary N) is 1. The van der Waals surface area contributed by atoms with Gasteiger partial charge in [-0.2, -0.15) is 0 Å². The van der Waals surface area contributed by atoms with Gasteiger partial charge >= 0.3 is 0 Å². The second-order valence-electron chi connectivity index (χ2n) is 3.07. The van der Waals surface area contributed by atoms with Crippen molar-refractivity contribution in [1.82, 2.24) is 5.32 Å². The topological polar surface area (TPSA) is 32.3 Å². The van der Waals surface area contributed by atoms with Crippen molar-refractivity contribution in [2.75, 3.05) is 7.05 Å². The quantitative estimate of drug-likeness (QED) is 0.743. The highest BCUT2D eigenvalue weighted by atomic mass is 19.1. The van der Waals surface area contributed by atoms with E-state index in [4.69, 9.17) is 0 Å². The van der Waals surface area contributed by atoms with E-state index in [2.05, 4.69) is 5.32 Å². The second-order valence-corrected chi connectivity index (χ2v) is 3.07. The molecule has 0 spiro atoms. The molecule has 3 heteroatoms. The molecule has 0 bridgehead atoms. The lowest BCUT2D eigenvalue weighted by Crippen LogP contribution is -2.28. The third kappa shape index (κ3) is 2.50. The molecular weight excluding hydrogens is 169 g/mol. The van der Waals surface area contributed by atoms with Gasteiger partial charge in [-0.1, -0.05) is 12.1 Å². The van der Waals surface area contributed by atoms with Crippen molar-refractivity contribution >= 4 is 0 Å². The molecule has 0 heterocycles. The number of hydrogen-bond acceptors (Lipinski definition) is 2. The largest absolute Gasteiger partial charge is 0.387 e. The summed E-state index contributed by atoms with van der Waals surface area (Å²) in [5, 5.41) is 12.6. The van der Waals surface area contributed by atoms with E-state index in [1.807, 2.05) is 6.92 Å². The first-order chi connectivity index (χ1) is 6.15. The molecule has 0 saturated carbocycles. The lowest BCUT2D eigenvalue weighted by atomic mass is 10.0. The Morgan fingerprint density at radius 3 is 2.31 bits per heavy atom. The number of aliphatic hydroxyl groups excluding tert-OH is 1. The fraction of sp³-hybridized carbons (Fsp3) is 0.400. The molecule has 0 aliphatic heterocycles. The molecule has 0 saturated heterocycles. The van der Waals surface area contributed by atoms with Crippen LogP contribution in [0.1, 0.15) is 18.6 Å². The van der Waals surface area contributed by atoms with E-state index in [0.29, 0.717) is 0 Å². The fourth-order valence-corrected chi connectivity index (χ4v) is 1.11. The molecule has 0 aromatic heterocycles. The van der Waals surface area contributed by atoms with Crippen molar-refractivity contribution in [3.05, 3.63) is 35.6 Å². The average molecular weight is 183 g/mol. The van der Waals surface area contributed by atoms with Crippen molar-refractivity contribution in [2.24, 2.45) is 0 Å². The Labute approximate surface area is 77.4 Å². The minimum Gasteiger partial charge on any atom is -0.387 e. The van der Waals surface area contributed by atoms with Gasteiger partial charge in [-0.15, -0.1) is 0 Å². The van der Waals surface area contributed by atoms with E-state index >= 15 is 0 Å². The molecule has 1 aromatic rings. The molecule has 0 aliphatic carbocycles. The first-order valence-corrected chi connectivity index (χ1v) is 4.26. The summed E-state index contributed by atoms with van der Waals surface area (Å²) >= 11 is 0. The van der Waals surface area contributed by atoms with Crippen molar-refractivity contribution < 1.29 is 9.50 Å². The summed E-state index contributed by atoms with van der Waals surface area (Å²) < 4.78 is 12.5. The van der Waals surface area contributed by atoms with Gasteiger partial charge in [0.1, 0.15) is 5.82 Å². The van der Waals surface area contributed by atoms with Crippen LogP contribution >= 0.6 is 0 Å². The average Bonchev–Trinajstić information content (AvgIpc) is 2.17. The molecular formula is C10H14FNO. The van der Waals surface area contributed by atoms with Crippen LogP contribution in [-0.4, -0.2) is 18.2 Å². The molecule has 1 rings (SSSR count). The zero-order chi connectivity index (χ0) is 9.84. The summed E-state index contributed by atoms with van der Waals surface area (Å²) in [4.78, 5) is 0. The van der Waals surface area contributed by atoms with Gasteiger partial charge in [0.25, 0.3) is 0 Å². The summed E-state index contributed by atoms with van der Waals surface area (Å²) in [6.07, 6.45) is -0.592. The lowest BCUT2D eigenvalue weighted by molar-refractivity contribution is 0.140. The maximum atomic E-state index is 12.5. The molecule has 0 fully saturated rings. The highest BCUT2D eigenvalue weighted by Crippen LogP contribution is 2.16. The Bertz CT molecular complexity index is 260. The van der Waals surface area contributed by atoms with Crippen LogP contribution in [-0.2, 0) is 0 Å². The highest BCUT2D eigenvalue weighted by molar-refractivity contribution is 5.19. The number of aliphatic hydroxyl groups is 1. The Morgan fingerprint density at radius 1 is 1.31 bits per heavy atom. The van der Waals surface area contributed by atoms with Crippen LogP contribution in [0.2, 0.25) is 0 Å². The van der Waals surface area contributed by atoms with E-state index in [1.165, 1.54) is 12.1 Å². The monoisotopic (exact) mass is 183 g/mol. The van der Waals surface area contributed by atoms with Crippen molar-refractivity contribution in [3.63, 3.8) is 0 Å². The third-order valence-electron chi connectivity index (χ3n) is 2.14. The molecule has 0 amide bonds. The molecule has 2 nitrogen and oxygen atoms in total.